The molecule has 0 unspecified atom stereocenters. The van der Waals surface area contributed by atoms with Gasteiger partial charge in [-0.3, -0.25) is 4.79 Å². The molecule has 0 N–H and O–H groups in total. The molecule has 0 amide bonds. The van der Waals surface area contributed by atoms with Crippen molar-refractivity contribution in [3.05, 3.63) is 77.4 Å². The summed E-state index contributed by atoms with van der Waals surface area (Å²) < 4.78 is 32.6. The Kier molecular flexibility index (Phi) is 8.40. The van der Waals surface area contributed by atoms with Crippen molar-refractivity contribution in [2.45, 2.75) is 6.61 Å². The first-order valence-electron chi connectivity index (χ1n) is 10.5. The average Bonchev–Trinajstić information content (AvgIpc) is 2.89. The minimum atomic E-state index is -0.186. The van der Waals surface area contributed by atoms with Gasteiger partial charge in [0, 0.05) is 5.56 Å². The highest BCUT2D eigenvalue weighted by Gasteiger charge is 2.13. The molecule has 0 bridgehead atoms. The summed E-state index contributed by atoms with van der Waals surface area (Å²) in [6.45, 7) is 0.356. The maximum absolute atomic E-state index is 12.8. The zero-order chi connectivity index (χ0) is 24.5. The molecule has 3 aromatic carbocycles. The van der Waals surface area contributed by atoms with E-state index in [-0.39, 0.29) is 5.78 Å². The van der Waals surface area contributed by atoms with Gasteiger partial charge in [0.15, 0.2) is 28.8 Å². The van der Waals surface area contributed by atoms with Gasteiger partial charge in [-0.15, -0.1) is 0 Å². The van der Waals surface area contributed by atoms with Crippen LogP contribution in [0.1, 0.15) is 21.5 Å². The number of ketones is 1. The quantitative estimate of drug-likeness (QED) is 0.285. The molecule has 0 aromatic heterocycles. The predicted octanol–water partition coefficient (Wildman–Crippen LogP) is 5.20. The summed E-state index contributed by atoms with van der Waals surface area (Å²) in [5.74, 6) is 3.12. The predicted molar refractivity (Wildman–Crippen MR) is 130 cm³/mol. The molecule has 178 valence electrons. The second kappa shape index (κ2) is 11.7. The first-order chi connectivity index (χ1) is 16.5. The number of carbonyl (C=O) groups excluding carboxylic acids is 1. The maximum Gasteiger partial charge on any atom is 0.203 e. The van der Waals surface area contributed by atoms with Gasteiger partial charge in [0.1, 0.15) is 12.4 Å². The summed E-state index contributed by atoms with van der Waals surface area (Å²) in [6, 6.07) is 16.2. The van der Waals surface area contributed by atoms with E-state index in [1.165, 1.54) is 20.3 Å². The smallest absolute Gasteiger partial charge is 0.203 e. The van der Waals surface area contributed by atoms with E-state index in [4.69, 9.17) is 28.4 Å². The van der Waals surface area contributed by atoms with Gasteiger partial charge in [0.05, 0.1) is 35.5 Å². The van der Waals surface area contributed by atoms with E-state index >= 15 is 0 Å². The summed E-state index contributed by atoms with van der Waals surface area (Å²) in [5, 5.41) is 0. The molecule has 0 aliphatic carbocycles. The topological polar surface area (TPSA) is 72.5 Å². The van der Waals surface area contributed by atoms with Gasteiger partial charge in [-0.1, -0.05) is 18.2 Å². The molecule has 0 saturated carbocycles. The molecule has 3 aromatic rings. The van der Waals surface area contributed by atoms with Gasteiger partial charge < -0.3 is 28.4 Å². The molecular formula is C27H28O7. The third-order valence-electron chi connectivity index (χ3n) is 5.12. The van der Waals surface area contributed by atoms with E-state index in [1.54, 1.807) is 57.7 Å². The lowest BCUT2D eigenvalue weighted by Gasteiger charge is -2.13. The van der Waals surface area contributed by atoms with Gasteiger partial charge in [-0.25, -0.2) is 0 Å². The van der Waals surface area contributed by atoms with E-state index in [0.717, 1.165) is 16.9 Å². The van der Waals surface area contributed by atoms with Crippen molar-refractivity contribution in [3.63, 3.8) is 0 Å². The lowest BCUT2D eigenvalue weighted by molar-refractivity contribution is 0.104. The summed E-state index contributed by atoms with van der Waals surface area (Å²) in [4.78, 5) is 12.8. The van der Waals surface area contributed by atoms with Gasteiger partial charge in [0.2, 0.25) is 5.75 Å². The Morgan fingerprint density at radius 2 is 1.35 bits per heavy atom. The molecular weight excluding hydrogens is 436 g/mol. The summed E-state index contributed by atoms with van der Waals surface area (Å²) in [5.41, 5.74) is 2.18. The van der Waals surface area contributed by atoms with E-state index in [2.05, 4.69) is 0 Å². The fourth-order valence-electron chi connectivity index (χ4n) is 3.29. The lowest BCUT2D eigenvalue weighted by atomic mass is 10.1. The SMILES string of the molecule is COc1ccc(COc2ccc(C(=O)C=Cc3cc(OC)c(OC)c(OC)c3)cc2OC)cc1. The Bertz CT molecular complexity index is 1130. The van der Waals surface area contributed by atoms with Gasteiger partial charge in [-0.05, 0) is 59.7 Å². The second-order valence-corrected chi connectivity index (χ2v) is 7.16. The molecule has 0 radical (unpaired) electrons. The van der Waals surface area contributed by atoms with Crippen LogP contribution in [0.4, 0.5) is 0 Å². The molecule has 0 heterocycles. The molecule has 0 saturated heterocycles. The van der Waals surface area contributed by atoms with E-state index < -0.39 is 0 Å². The molecule has 7 nitrogen and oxygen atoms in total. The number of benzene rings is 3. The average molecular weight is 465 g/mol. The number of methoxy groups -OCH3 is 5. The minimum absolute atomic E-state index is 0.186. The van der Waals surface area contributed by atoms with Crippen LogP contribution in [0.3, 0.4) is 0 Å². The Hall–Kier alpha value is -4.13. The van der Waals surface area contributed by atoms with Crippen LogP contribution < -0.4 is 28.4 Å². The van der Waals surface area contributed by atoms with Crippen molar-refractivity contribution in [1.29, 1.82) is 0 Å². The lowest BCUT2D eigenvalue weighted by Crippen LogP contribution is -2.00. The summed E-state index contributed by atoms with van der Waals surface area (Å²) >= 11 is 0. The molecule has 34 heavy (non-hydrogen) atoms. The number of carbonyl (C=O) groups is 1. The molecule has 0 spiro atoms. The fourth-order valence-corrected chi connectivity index (χ4v) is 3.29. The molecule has 0 aliphatic heterocycles. The van der Waals surface area contributed by atoms with Crippen LogP contribution in [0.25, 0.3) is 6.08 Å². The van der Waals surface area contributed by atoms with Crippen LogP contribution in [-0.4, -0.2) is 41.3 Å². The fraction of sp³-hybridized carbons (Fsp3) is 0.222. The zero-order valence-corrected chi connectivity index (χ0v) is 19.9. The monoisotopic (exact) mass is 464 g/mol. The number of hydrogen-bond acceptors (Lipinski definition) is 7. The Balaban J connectivity index is 1.74. The van der Waals surface area contributed by atoms with Crippen molar-refractivity contribution in [3.8, 4) is 34.5 Å². The summed E-state index contributed by atoms with van der Waals surface area (Å²) in [6.07, 6.45) is 3.17. The van der Waals surface area contributed by atoms with Crippen LogP contribution in [0.15, 0.2) is 60.7 Å². The van der Waals surface area contributed by atoms with Crippen LogP contribution in [0, 0.1) is 0 Å². The van der Waals surface area contributed by atoms with Crippen molar-refractivity contribution in [2.75, 3.05) is 35.5 Å². The standard InChI is InChI=1S/C27H28O7/c1-29-21-10-6-18(7-11-21)17-34-23-13-9-20(16-24(23)30-2)22(28)12-8-19-14-25(31-3)27(33-5)26(15-19)32-4/h6-16H,17H2,1-5H3. The number of allylic oxidation sites excluding steroid dienone is 1. The molecule has 0 atom stereocenters. The van der Waals surface area contributed by atoms with E-state index in [1.807, 2.05) is 24.3 Å². The zero-order valence-electron chi connectivity index (χ0n) is 19.9. The van der Waals surface area contributed by atoms with Crippen LogP contribution in [-0.2, 0) is 6.61 Å². The van der Waals surface area contributed by atoms with Crippen molar-refractivity contribution in [2.24, 2.45) is 0 Å². The maximum atomic E-state index is 12.8. The number of rotatable bonds is 11. The van der Waals surface area contributed by atoms with Gasteiger partial charge in [-0.2, -0.15) is 0 Å². The summed E-state index contributed by atoms with van der Waals surface area (Å²) in [7, 11) is 7.78. The third kappa shape index (κ3) is 5.81. The van der Waals surface area contributed by atoms with Crippen LogP contribution >= 0.6 is 0 Å². The Morgan fingerprint density at radius 1 is 0.706 bits per heavy atom. The minimum Gasteiger partial charge on any atom is -0.497 e. The largest absolute Gasteiger partial charge is 0.497 e. The van der Waals surface area contributed by atoms with Gasteiger partial charge >= 0.3 is 0 Å². The van der Waals surface area contributed by atoms with Gasteiger partial charge in [0.25, 0.3) is 0 Å². The van der Waals surface area contributed by atoms with Crippen LogP contribution in [0.5, 0.6) is 34.5 Å². The van der Waals surface area contributed by atoms with E-state index in [9.17, 15) is 4.79 Å². The highest BCUT2D eigenvalue weighted by Crippen LogP contribution is 2.38. The molecule has 3 rings (SSSR count). The van der Waals surface area contributed by atoms with E-state index in [0.29, 0.717) is 40.9 Å². The second-order valence-electron chi connectivity index (χ2n) is 7.16. The molecule has 0 aliphatic rings. The Labute approximate surface area is 199 Å². The van der Waals surface area contributed by atoms with Crippen LogP contribution in [0.2, 0.25) is 0 Å². The molecule has 0 fully saturated rings. The first kappa shape index (κ1) is 24.5. The van der Waals surface area contributed by atoms with Crippen molar-refractivity contribution < 1.29 is 33.2 Å². The van der Waals surface area contributed by atoms with Crippen molar-refractivity contribution in [1.82, 2.24) is 0 Å². The number of hydrogen-bond donors (Lipinski definition) is 0. The van der Waals surface area contributed by atoms with Crippen molar-refractivity contribution >= 4 is 11.9 Å². The highest BCUT2D eigenvalue weighted by molar-refractivity contribution is 6.07. The normalized spacial score (nSPS) is 10.6. The third-order valence-corrected chi connectivity index (χ3v) is 5.12. The number of ether oxygens (including phenoxy) is 6. The highest BCUT2D eigenvalue weighted by atomic mass is 16.5. The molecule has 7 heteroatoms. The Morgan fingerprint density at radius 3 is 1.91 bits per heavy atom. The first-order valence-corrected chi connectivity index (χ1v) is 10.5.